The van der Waals surface area contributed by atoms with Crippen molar-refractivity contribution in [3.8, 4) is 11.5 Å². The molecule has 7 nitrogen and oxygen atoms in total. The summed E-state index contributed by atoms with van der Waals surface area (Å²) in [5.74, 6) is 1.58. The van der Waals surface area contributed by atoms with Crippen LogP contribution in [0.25, 0.3) is 0 Å². The highest BCUT2D eigenvalue weighted by molar-refractivity contribution is 7.90. The van der Waals surface area contributed by atoms with Crippen molar-refractivity contribution in [2.24, 2.45) is 0 Å². The second-order valence-electron chi connectivity index (χ2n) is 7.83. The zero-order valence-corrected chi connectivity index (χ0v) is 21.4. The molecule has 1 aromatic heterocycles. The maximum atomic E-state index is 11.4. The van der Waals surface area contributed by atoms with E-state index < -0.39 is 20.5 Å². The van der Waals surface area contributed by atoms with Gasteiger partial charge in [-0.3, -0.25) is 0 Å². The van der Waals surface area contributed by atoms with Crippen LogP contribution in [0.4, 0.5) is 0 Å². The number of alkyl halides is 1. The number of hydrogen-bond donors (Lipinski definition) is 0. The molecule has 0 aliphatic rings. The molecule has 0 N–H and O–H groups in total. The third-order valence-electron chi connectivity index (χ3n) is 4.95. The minimum Gasteiger partial charge on any atom is -0.490 e. The molecule has 0 bridgehead atoms. The van der Waals surface area contributed by atoms with E-state index in [1.165, 1.54) is 0 Å². The Morgan fingerprint density at radius 3 is 2.18 bits per heavy atom. The first-order valence-electron chi connectivity index (χ1n) is 9.96. The highest BCUT2D eigenvalue weighted by Gasteiger charge is 2.26. The van der Waals surface area contributed by atoms with Crippen LogP contribution in [0.5, 0.6) is 11.5 Å². The Kier molecular flexibility index (Phi) is 8.16. The molecule has 0 saturated heterocycles. The van der Waals surface area contributed by atoms with E-state index in [-0.39, 0.29) is 12.5 Å². The highest BCUT2D eigenvalue weighted by Crippen LogP contribution is 2.40. The first kappa shape index (κ1) is 25.6. The van der Waals surface area contributed by atoms with Gasteiger partial charge in [0.05, 0.1) is 16.7 Å². The van der Waals surface area contributed by atoms with Crippen LogP contribution < -0.4 is 9.47 Å². The van der Waals surface area contributed by atoms with Crippen molar-refractivity contribution in [3.63, 3.8) is 0 Å². The number of sulfone groups is 1. The Hall–Kier alpha value is -2.00. The van der Waals surface area contributed by atoms with Crippen LogP contribution in [-0.2, 0) is 21.9 Å². The molecule has 1 heterocycles. The van der Waals surface area contributed by atoms with Gasteiger partial charge in [-0.25, -0.2) is 8.42 Å². The van der Waals surface area contributed by atoms with Gasteiger partial charge in [-0.1, -0.05) is 54.3 Å². The lowest BCUT2D eigenvalue weighted by atomic mass is 9.78. The fraction of sp³-hybridized carbons (Fsp3) is 0.364. The summed E-state index contributed by atoms with van der Waals surface area (Å²) in [7, 11) is -3.56. The second kappa shape index (κ2) is 10.5. The van der Waals surface area contributed by atoms with Gasteiger partial charge in [-0.15, -0.1) is 16.7 Å². The number of aromatic nitrogens is 2. The fourth-order valence-corrected chi connectivity index (χ4v) is 4.16. The van der Waals surface area contributed by atoms with Crippen molar-refractivity contribution in [2.45, 2.75) is 37.5 Å². The number of benzene rings is 2. The molecule has 3 rings (SSSR count). The van der Waals surface area contributed by atoms with Gasteiger partial charge in [-0.05, 0) is 41.8 Å². The van der Waals surface area contributed by atoms with Crippen molar-refractivity contribution in [3.05, 3.63) is 63.5 Å². The molecule has 33 heavy (non-hydrogen) atoms. The molecule has 0 fully saturated rings. The highest BCUT2D eigenvalue weighted by atomic mass is 35.5. The van der Waals surface area contributed by atoms with E-state index in [1.54, 1.807) is 12.1 Å². The summed E-state index contributed by atoms with van der Waals surface area (Å²) in [4.78, 5) is 0. The van der Waals surface area contributed by atoms with Crippen molar-refractivity contribution in [2.75, 3.05) is 18.7 Å². The monoisotopic (exact) mass is 532 g/mol. The minimum absolute atomic E-state index is 0.0539. The topological polar surface area (TPSA) is 91.5 Å². The summed E-state index contributed by atoms with van der Waals surface area (Å²) < 4.78 is 39.2. The molecule has 0 amide bonds. The Morgan fingerprint density at radius 2 is 1.64 bits per heavy atom. The Labute approximate surface area is 207 Å². The smallest absolute Gasteiger partial charge is 0.335 e. The van der Waals surface area contributed by atoms with Gasteiger partial charge in [0.1, 0.15) is 5.75 Å². The van der Waals surface area contributed by atoms with Crippen LogP contribution in [0.15, 0.2) is 46.0 Å². The molecule has 0 saturated carbocycles. The SMILES string of the molecule is CC(C)(c1ccc(OCc2nnc(S(C)(=O)=O)o2)cc1)c1cc(Cl)c(OCCCCl)c(Cl)c1. The first-order chi connectivity index (χ1) is 15.5. The molecule has 0 spiro atoms. The average molecular weight is 534 g/mol. The Bertz CT molecular complexity index is 1190. The summed E-state index contributed by atoms with van der Waals surface area (Å²) in [5, 5.41) is 7.62. The number of nitrogens with zero attached hydrogens (tertiary/aromatic N) is 2. The lowest BCUT2D eigenvalue weighted by molar-refractivity contribution is 0.250. The van der Waals surface area contributed by atoms with E-state index in [1.807, 2.05) is 24.3 Å². The van der Waals surface area contributed by atoms with Gasteiger partial charge in [0.2, 0.25) is 9.84 Å². The summed E-state index contributed by atoms with van der Waals surface area (Å²) in [6.07, 6.45) is 1.69. The van der Waals surface area contributed by atoms with Gasteiger partial charge >= 0.3 is 5.22 Å². The average Bonchev–Trinajstić information content (AvgIpc) is 3.24. The van der Waals surface area contributed by atoms with E-state index in [0.717, 1.165) is 17.4 Å². The van der Waals surface area contributed by atoms with Gasteiger partial charge < -0.3 is 13.9 Å². The molecule has 178 valence electrons. The van der Waals surface area contributed by atoms with Gasteiger partial charge in [0.25, 0.3) is 5.89 Å². The normalized spacial score (nSPS) is 12.1. The summed E-state index contributed by atoms with van der Waals surface area (Å²) in [6, 6.07) is 11.2. The molecular weight excluding hydrogens is 511 g/mol. The predicted octanol–water partition coefficient (Wildman–Crippen LogP) is 5.69. The van der Waals surface area contributed by atoms with Crippen molar-refractivity contribution >= 4 is 44.6 Å². The number of halogens is 3. The Balaban J connectivity index is 1.72. The van der Waals surface area contributed by atoms with Crippen molar-refractivity contribution in [1.82, 2.24) is 10.2 Å². The lowest BCUT2D eigenvalue weighted by Crippen LogP contribution is -2.19. The fourth-order valence-electron chi connectivity index (χ4n) is 3.01. The van der Waals surface area contributed by atoms with Crippen LogP contribution in [0.3, 0.4) is 0 Å². The molecule has 0 unspecified atom stereocenters. The molecule has 0 radical (unpaired) electrons. The van der Waals surface area contributed by atoms with Crippen LogP contribution in [0.1, 0.15) is 37.3 Å². The second-order valence-corrected chi connectivity index (χ2v) is 10.9. The number of hydrogen-bond acceptors (Lipinski definition) is 7. The van der Waals surface area contributed by atoms with E-state index in [0.29, 0.717) is 40.5 Å². The van der Waals surface area contributed by atoms with Crippen LogP contribution >= 0.6 is 34.8 Å². The molecule has 0 atom stereocenters. The molecule has 0 aliphatic carbocycles. The predicted molar refractivity (Wildman–Crippen MR) is 128 cm³/mol. The standard InChI is InChI=1S/C22H23Cl3N2O5S/c1-22(2,15-11-17(24)20(18(25)12-15)30-10-4-9-23)14-5-7-16(8-6-14)31-13-19-26-27-21(32-19)33(3,28)29/h5-8,11-12H,4,9-10,13H2,1-3H3. The Morgan fingerprint density at radius 1 is 1.00 bits per heavy atom. The van der Waals surface area contributed by atoms with Gasteiger partial charge in [-0.2, -0.15) is 0 Å². The third-order valence-corrected chi connectivity index (χ3v) is 6.58. The number of rotatable bonds is 10. The van der Waals surface area contributed by atoms with E-state index in [9.17, 15) is 8.42 Å². The van der Waals surface area contributed by atoms with Gasteiger partial charge in [0, 0.05) is 17.6 Å². The molecule has 0 aliphatic heterocycles. The first-order valence-corrected chi connectivity index (χ1v) is 13.1. The largest absolute Gasteiger partial charge is 0.490 e. The molecule has 2 aromatic carbocycles. The molecular formula is C22H23Cl3N2O5S. The van der Waals surface area contributed by atoms with E-state index in [4.69, 9.17) is 48.7 Å². The zero-order valence-electron chi connectivity index (χ0n) is 18.3. The molecule has 3 aromatic rings. The maximum Gasteiger partial charge on any atom is 0.335 e. The third kappa shape index (κ3) is 6.32. The van der Waals surface area contributed by atoms with Gasteiger partial charge in [0.15, 0.2) is 12.4 Å². The summed E-state index contributed by atoms with van der Waals surface area (Å²) in [5.41, 5.74) is 1.53. The lowest BCUT2D eigenvalue weighted by Gasteiger charge is -2.27. The van der Waals surface area contributed by atoms with E-state index in [2.05, 4.69) is 24.0 Å². The van der Waals surface area contributed by atoms with Crippen LogP contribution in [0, 0.1) is 0 Å². The molecule has 11 heteroatoms. The van der Waals surface area contributed by atoms with E-state index >= 15 is 0 Å². The maximum absolute atomic E-state index is 11.4. The number of ether oxygens (including phenoxy) is 2. The quantitative estimate of drug-likeness (QED) is 0.244. The van der Waals surface area contributed by atoms with Crippen molar-refractivity contribution in [1.29, 1.82) is 0 Å². The minimum atomic E-state index is -3.56. The van der Waals surface area contributed by atoms with Crippen molar-refractivity contribution < 1.29 is 22.3 Å². The van der Waals surface area contributed by atoms with Crippen LogP contribution in [0.2, 0.25) is 10.0 Å². The zero-order chi connectivity index (χ0) is 24.2. The summed E-state index contributed by atoms with van der Waals surface area (Å²) in [6.45, 7) is 4.50. The summed E-state index contributed by atoms with van der Waals surface area (Å²) >= 11 is 18.6. The van der Waals surface area contributed by atoms with Crippen LogP contribution in [-0.4, -0.2) is 37.4 Å².